The molecule has 0 aliphatic heterocycles. The summed E-state index contributed by atoms with van der Waals surface area (Å²) in [5, 5.41) is 9.15. The summed E-state index contributed by atoms with van der Waals surface area (Å²) in [4.78, 5) is 2.21. The molecule has 0 spiro atoms. The van der Waals surface area contributed by atoms with Gasteiger partial charge in [0.05, 0.1) is 15.5 Å². The van der Waals surface area contributed by atoms with Crippen molar-refractivity contribution >= 4 is 21.6 Å². The first-order valence-corrected chi connectivity index (χ1v) is 8.65. The standard InChI is InChI=1S/C14H20ClN3O2S/c1-4-18(5-2)11(3)10-17-21(19,20)13-6-7-14(15)12(8-13)9-16/h6-8,11,17H,4-5,10H2,1-3H3. The molecule has 0 aliphatic carbocycles. The van der Waals surface area contributed by atoms with Gasteiger partial charge in [-0.1, -0.05) is 25.4 Å². The first kappa shape index (κ1) is 17.9. The fourth-order valence-corrected chi connectivity index (χ4v) is 3.35. The number of likely N-dealkylation sites (N-methyl/N-ethyl adjacent to an activating group) is 1. The van der Waals surface area contributed by atoms with Crippen LogP contribution in [0.15, 0.2) is 23.1 Å². The van der Waals surface area contributed by atoms with Crippen LogP contribution in [0.4, 0.5) is 0 Å². The Morgan fingerprint density at radius 3 is 2.52 bits per heavy atom. The molecule has 0 saturated heterocycles. The van der Waals surface area contributed by atoms with Crippen LogP contribution in [-0.4, -0.2) is 39.0 Å². The molecule has 0 heterocycles. The Balaban J connectivity index is 2.86. The van der Waals surface area contributed by atoms with Crippen molar-refractivity contribution in [2.45, 2.75) is 31.7 Å². The molecule has 0 radical (unpaired) electrons. The van der Waals surface area contributed by atoms with Crippen molar-refractivity contribution in [1.82, 2.24) is 9.62 Å². The van der Waals surface area contributed by atoms with Crippen LogP contribution in [0.3, 0.4) is 0 Å². The van der Waals surface area contributed by atoms with Crippen LogP contribution in [0.5, 0.6) is 0 Å². The first-order valence-electron chi connectivity index (χ1n) is 6.79. The molecule has 0 fully saturated rings. The number of nitriles is 1. The fraction of sp³-hybridized carbons (Fsp3) is 0.500. The van der Waals surface area contributed by atoms with Gasteiger partial charge in [-0.3, -0.25) is 4.90 Å². The number of hydrogen-bond donors (Lipinski definition) is 1. The quantitative estimate of drug-likeness (QED) is 0.832. The number of benzene rings is 1. The smallest absolute Gasteiger partial charge is 0.240 e. The predicted molar refractivity (Wildman–Crippen MR) is 83.7 cm³/mol. The molecule has 1 aromatic carbocycles. The Labute approximate surface area is 131 Å². The second-order valence-electron chi connectivity index (χ2n) is 4.68. The maximum atomic E-state index is 12.2. The van der Waals surface area contributed by atoms with E-state index in [1.54, 1.807) is 0 Å². The number of rotatable bonds is 7. The maximum absolute atomic E-state index is 12.2. The van der Waals surface area contributed by atoms with Gasteiger partial charge in [0.15, 0.2) is 0 Å². The molecule has 1 atom stereocenters. The first-order chi connectivity index (χ1) is 9.85. The highest BCUT2D eigenvalue weighted by atomic mass is 35.5. The molecule has 0 saturated carbocycles. The highest BCUT2D eigenvalue weighted by molar-refractivity contribution is 7.89. The van der Waals surface area contributed by atoms with E-state index in [4.69, 9.17) is 16.9 Å². The van der Waals surface area contributed by atoms with Crippen LogP contribution in [-0.2, 0) is 10.0 Å². The zero-order valence-electron chi connectivity index (χ0n) is 12.4. The molecule has 0 bridgehead atoms. The number of halogens is 1. The number of nitrogens with zero attached hydrogens (tertiary/aromatic N) is 2. The largest absolute Gasteiger partial charge is 0.300 e. The van der Waals surface area contributed by atoms with E-state index in [-0.39, 0.29) is 21.5 Å². The van der Waals surface area contributed by atoms with E-state index in [2.05, 4.69) is 9.62 Å². The van der Waals surface area contributed by atoms with Gasteiger partial charge in [-0.15, -0.1) is 0 Å². The van der Waals surface area contributed by atoms with E-state index in [9.17, 15) is 8.42 Å². The summed E-state index contributed by atoms with van der Waals surface area (Å²) in [5.74, 6) is 0. The molecule has 1 rings (SSSR count). The Bertz CT molecular complexity index is 622. The summed E-state index contributed by atoms with van der Waals surface area (Å²) < 4.78 is 27.0. The van der Waals surface area contributed by atoms with Gasteiger partial charge < -0.3 is 0 Å². The lowest BCUT2D eigenvalue weighted by Crippen LogP contribution is -2.41. The lowest BCUT2D eigenvalue weighted by atomic mass is 10.2. The summed E-state index contributed by atoms with van der Waals surface area (Å²) >= 11 is 5.81. The van der Waals surface area contributed by atoms with Crippen LogP contribution in [0.1, 0.15) is 26.3 Å². The number of nitrogens with one attached hydrogen (secondary N) is 1. The van der Waals surface area contributed by atoms with Gasteiger partial charge in [0, 0.05) is 12.6 Å². The highest BCUT2D eigenvalue weighted by Crippen LogP contribution is 2.19. The van der Waals surface area contributed by atoms with E-state index in [0.29, 0.717) is 6.54 Å². The van der Waals surface area contributed by atoms with E-state index in [0.717, 1.165) is 13.1 Å². The molecule has 0 aromatic heterocycles. The molecular weight excluding hydrogens is 310 g/mol. The van der Waals surface area contributed by atoms with Crippen LogP contribution in [0, 0.1) is 11.3 Å². The Morgan fingerprint density at radius 2 is 2.00 bits per heavy atom. The number of hydrogen-bond acceptors (Lipinski definition) is 4. The third kappa shape index (κ3) is 4.68. The third-order valence-electron chi connectivity index (χ3n) is 3.37. The minimum absolute atomic E-state index is 0.0511. The van der Waals surface area contributed by atoms with Crippen LogP contribution < -0.4 is 4.72 Å². The van der Waals surface area contributed by atoms with Crippen molar-refractivity contribution in [1.29, 1.82) is 5.26 Å². The second-order valence-corrected chi connectivity index (χ2v) is 6.85. The van der Waals surface area contributed by atoms with Crippen molar-refractivity contribution in [3.05, 3.63) is 28.8 Å². The number of sulfonamides is 1. The van der Waals surface area contributed by atoms with Crippen molar-refractivity contribution in [3.8, 4) is 6.07 Å². The molecule has 5 nitrogen and oxygen atoms in total. The molecule has 1 unspecified atom stereocenters. The lowest BCUT2D eigenvalue weighted by Gasteiger charge is -2.26. The molecule has 0 aliphatic rings. The Hall–Kier alpha value is -1.13. The molecule has 0 amide bonds. The normalized spacial score (nSPS) is 13.1. The lowest BCUT2D eigenvalue weighted by molar-refractivity contribution is 0.232. The van der Waals surface area contributed by atoms with Crippen molar-refractivity contribution in [2.24, 2.45) is 0 Å². The van der Waals surface area contributed by atoms with Gasteiger partial charge in [0.25, 0.3) is 0 Å². The average molecular weight is 330 g/mol. The van der Waals surface area contributed by atoms with Gasteiger partial charge in [-0.25, -0.2) is 13.1 Å². The fourth-order valence-electron chi connectivity index (χ4n) is 2.05. The summed E-state index contributed by atoms with van der Waals surface area (Å²) in [6.45, 7) is 8.07. The Kier molecular flexibility index (Phi) is 6.62. The zero-order chi connectivity index (χ0) is 16.0. The van der Waals surface area contributed by atoms with Gasteiger partial charge in [-0.2, -0.15) is 5.26 Å². The van der Waals surface area contributed by atoms with Crippen LogP contribution in [0.25, 0.3) is 0 Å². The van der Waals surface area contributed by atoms with E-state index in [1.807, 2.05) is 26.8 Å². The predicted octanol–water partition coefficient (Wildman–Crippen LogP) is 2.22. The summed E-state index contributed by atoms with van der Waals surface area (Å²) in [6, 6.07) is 6.07. The second kappa shape index (κ2) is 7.76. The zero-order valence-corrected chi connectivity index (χ0v) is 14.0. The van der Waals surface area contributed by atoms with E-state index < -0.39 is 10.0 Å². The Morgan fingerprint density at radius 1 is 1.38 bits per heavy atom. The topological polar surface area (TPSA) is 73.2 Å². The van der Waals surface area contributed by atoms with Crippen molar-refractivity contribution in [2.75, 3.05) is 19.6 Å². The molecule has 1 N–H and O–H groups in total. The summed E-state index contributed by atoms with van der Waals surface area (Å²) in [5.41, 5.74) is 0.149. The summed E-state index contributed by atoms with van der Waals surface area (Å²) in [6.07, 6.45) is 0. The minimum atomic E-state index is -3.64. The summed E-state index contributed by atoms with van der Waals surface area (Å²) in [7, 11) is -3.64. The third-order valence-corrected chi connectivity index (χ3v) is 5.12. The highest BCUT2D eigenvalue weighted by Gasteiger charge is 2.18. The van der Waals surface area contributed by atoms with Gasteiger partial charge in [0.1, 0.15) is 6.07 Å². The molecule has 21 heavy (non-hydrogen) atoms. The van der Waals surface area contributed by atoms with Gasteiger partial charge in [-0.05, 0) is 38.2 Å². The van der Waals surface area contributed by atoms with E-state index in [1.165, 1.54) is 18.2 Å². The van der Waals surface area contributed by atoms with Gasteiger partial charge in [0.2, 0.25) is 10.0 Å². The molecule has 116 valence electrons. The van der Waals surface area contributed by atoms with Crippen LogP contribution in [0.2, 0.25) is 5.02 Å². The maximum Gasteiger partial charge on any atom is 0.240 e. The average Bonchev–Trinajstić information content (AvgIpc) is 2.46. The van der Waals surface area contributed by atoms with Crippen molar-refractivity contribution in [3.63, 3.8) is 0 Å². The minimum Gasteiger partial charge on any atom is -0.300 e. The molecule has 1 aromatic rings. The molecule has 7 heteroatoms. The monoisotopic (exact) mass is 329 g/mol. The SMILES string of the molecule is CCN(CC)C(C)CNS(=O)(=O)c1ccc(Cl)c(C#N)c1. The van der Waals surface area contributed by atoms with Crippen molar-refractivity contribution < 1.29 is 8.42 Å². The van der Waals surface area contributed by atoms with Gasteiger partial charge >= 0.3 is 0 Å². The van der Waals surface area contributed by atoms with E-state index >= 15 is 0 Å². The molecular formula is C14H20ClN3O2S. The van der Waals surface area contributed by atoms with Crippen LogP contribution >= 0.6 is 11.6 Å².